The molecule has 0 radical (unpaired) electrons. The molecule has 2 rings (SSSR count). The maximum absolute atomic E-state index is 4.26. The number of nitrogens with one attached hydrogen (secondary N) is 1. The van der Waals surface area contributed by atoms with E-state index >= 15 is 0 Å². The number of fused-ring (bicyclic) bond motifs is 1. The minimum atomic E-state index is 0.422. The first kappa shape index (κ1) is 8.94. The summed E-state index contributed by atoms with van der Waals surface area (Å²) in [6, 6.07) is 6.42. The van der Waals surface area contributed by atoms with Crippen LogP contribution in [-0.4, -0.2) is 16.0 Å². The SMILES string of the molecule is CC(C)Nc1cnc2ncccc2c1. The Morgan fingerprint density at radius 2 is 2.14 bits per heavy atom. The summed E-state index contributed by atoms with van der Waals surface area (Å²) < 4.78 is 0. The molecular formula is C11H13N3. The van der Waals surface area contributed by atoms with Crippen LogP contribution in [0.15, 0.2) is 30.6 Å². The van der Waals surface area contributed by atoms with Crippen LogP contribution in [0.5, 0.6) is 0 Å². The second-order valence-corrected chi connectivity index (χ2v) is 3.57. The van der Waals surface area contributed by atoms with Crippen LogP contribution < -0.4 is 5.32 Å². The Bertz CT molecular complexity index is 437. The lowest BCUT2D eigenvalue weighted by atomic mass is 10.2. The van der Waals surface area contributed by atoms with Gasteiger partial charge in [-0.1, -0.05) is 0 Å². The van der Waals surface area contributed by atoms with Crippen LogP contribution in [0, 0.1) is 0 Å². The van der Waals surface area contributed by atoms with Crippen LogP contribution in [0.3, 0.4) is 0 Å². The molecule has 0 saturated carbocycles. The molecule has 0 amide bonds. The Morgan fingerprint density at radius 1 is 1.29 bits per heavy atom. The molecule has 0 fully saturated rings. The van der Waals surface area contributed by atoms with Gasteiger partial charge in [0.2, 0.25) is 0 Å². The van der Waals surface area contributed by atoms with Gasteiger partial charge >= 0.3 is 0 Å². The summed E-state index contributed by atoms with van der Waals surface area (Å²) in [4.78, 5) is 8.42. The number of hydrogen-bond donors (Lipinski definition) is 1. The largest absolute Gasteiger partial charge is 0.382 e. The van der Waals surface area contributed by atoms with Gasteiger partial charge in [0.15, 0.2) is 5.65 Å². The third-order valence-corrected chi connectivity index (χ3v) is 1.91. The number of nitrogens with zero attached hydrogens (tertiary/aromatic N) is 2. The number of anilines is 1. The molecule has 0 spiro atoms. The molecule has 14 heavy (non-hydrogen) atoms. The lowest BCUT2D eigenvalue weighted by Gasteiger charge is -2.09. The lowest BCUT2D eigenvalue weighted by molar-refractivity contribution is 0.898. The Hall–Kier alpha value is -1.64. The molecule has 1 N–H and O–H groups in total. The van der Waals surface area contributed by atoms with E-state index in [1.807, 2.05) is 18.3 Å². The number of hydrogen-bond acceptors (Lipinski definition) is 3. The van der Waals surface area contributed by atoms with Crippen molar-refractivity contribution in [1.29, 1.82) is 0 Å². The van der Waals surface area contributed by atoms with E-state index in [0.717, 1.165) is 16.7 Å². The second kappa shape index (κ2) is 3.62. The molecule has 2 aromatic heterocycles. The van der Waals surface area contributed by atoms with Crippen molar-refractivity contribution in [3.05, 3.63) is 30.6 Å². The zero-order valence-electron chi connectivity index (χ0n) is 8.36. The highest BCUT2D eigenvalue weighted by Crippen LogP contribution is 2.14. The first-order chi connectivity index (χ1) is 6.75. The third kappa shape index (κ3) is 1.82. The van der Waals surface area contributed by atoms with Gasteiger partial charge in [-0.15, -0.1) is 0 Å². The zero-order chi connectivity index (χ0) is 9.97. The van der Waals surface area contributed by atoms with Gasteiger partial charge in [0, 0.05) is 17.6 Å². The van der Waals surface area contributed by atoms with Crippen molar-refractivity contribution in [3.63, 3.8) is 0 Å². The quantitative estimate of drug-likeness (QED) is 0.784. The standard InChI is InChI=1S/C11H13N3/c1-8(2)14-10-6-9-4-3-5-12-11(9)13-7-10/h3-8,14H,1-2H3. The van der Waals surface area contributed by atoms with Crippen LogP contribution in [-0.2, 0) is 0 Å². The van der Waals surface area contributed by atoms with Crippen LogP contribution in [0.4, 0.5) is 5.69 Å². The molecule has 0 aromatic carbocycles. The summed E-state index contributed by atoms with van der Waals surface area (Å²) in [5.41, 5.74) is 1.84. The van der Waals surface area contributed by atoms with E-state index in [-0.39, 0.29) is 0 Å². The van der Waals surface area contributed by atoms with Crippen LogP contribution >= 0.6 is 0 Å². The predicted molar refractivity (Wildman–Crippen MR) is 58.3 cm³/mol. The maximum atomic E-state index is 4.26. The average Bonchev–Trinajstić information content (AvgIpc) is 2.17. The van der Waals surface area contributed by atoms with E-state index in [9.17, 15) is 0 Å². The van der Waals surface area contributed by atoms with Gasteiger partial charge in [-0.05, 0) is 32.0 Å². The number of pyridine rings is 2. The van der Waals surface area contributed by atoms with Crippen molar-refractivity contribution in [2.45, 2.75) is 19.9 Å². The van der Waals surface area contributed by atoms with Crippen LogP contribution in [0.2, 0.25) is 0 Å². The molecular weight excluding hydrogens is 174 g/mol. The smallest absolute Gasteiger partial charge is 0.159 e. The topological polar surface area (TPSA) is 37.8 Å². The van der Waals surface area contributed by atoms with Crippen molar-refractivity contribution in [3.8, 4) is 0 Å². The summed E-state index contributed by atoms with van der Waals surface area (Å²) in [6.45, 7) is 4.21. The zero-order valence-corrected chi connectivity index (χ0v) is 8.36. The normalized spacial score (nSPS) is 10.8. The van der Waals surface area contributed by atoms with E-state index in [0.29, 0.717) is 6.04 Å². The Morgan fingerprint density at radius 3 is 2.93 bits per heavy atom. The molecule has 0 unspecified atom stereocenters. The summed E-state index contributed by atoms with van der Waals surface area (Å²) in [5, 5.41) is 4.37. The fraction of sp³-hybridized carbons (Fsp3) is 0.273. The van der Waals surface area contributed by atoms with E-state index in [1.165, 1.54) is 0 Å². The molecule has 0 aliphatic carbocycles. The third-order valence-electron chi connectivity index (χ3n) is 1.91. The average molecular weight is 187 g/mol. The molecule has 0 bridgehead atoms. The Balaban J connectivity index is 2.41. The first-order valence-electron chi connectivity index (χ1n) is 4.73. The maximum Gasteiger partial charge on any atom is 0.159 e. The number of aromatic nitrogens is 2. The van der Waals surface area contributed by atoms with Gasteiger partial charge in [-0.25, -0.2) is 9.97 Å². The lowest BCUT2D eigenvalue weighted by Crippen LogP contribution is -2.09. The van der Waals surface area contributed by atoms with Crippen molar-refractivity contribution in [1.82, 2.24) is 9.97 Å². The molecule has 2 heterocycles. The number of rotatable bonds is 2. The molecule has 0 aliphatic rings. The van der Waals surface area contributed by atoms with Crippen molar-refractivity contribution in [2.24, 2.45) is 0 Å². The fourth-order valence-corrected chi connectivity index (χ4v) is 1.38. The minimum absolute atomic E-state index is 0.422. The molecule has 0 aliphatic heterocycles. The van der Waals surface area contributed by atoms with E-state index in [4.69, 9.17) is 0 Å². The van der Waals surface area contributed by atoms with Gasteiger partial charge in [0.05, 0.1) is 11.9 Å². The van der Waals surface area contributed by atoms with Crippen molar-refractivity contribution in [2.75, 3.05) is 5.32 Å². The van der Waals surface area contributed by atoms with Gasteiger partial charge in [-0.3, -0.25) is 0 Å². The van der Waals surface area contributed by atoms with Gasteiger partial charge < -0.3 is 5.32 Å². The fourth-order valence-electron chi connectivity index (χ4n) is 1.38. The van der Waals surface area contributed by atoms with Gasteiger partial charge in [-0.2, -0.15) is 0 Å². The first-order valence-corrected chi connectivity index (χ1v) is 4.73. The summed E-state index contributed by atoms with van der Waals surface area (Å²) in [6.07, 6.45) is 3.57. The minimum Gasteiger partial charge on any atom is -0.382 e. The molecule has 2 aromatic rings. The predicted octanol–water partition coefficient (Wildman–Crippen LogP) is 2.45. The second-order valence-electron chi connectivity index (χ2n) is 3.57. The molecule has 3 heteroatoms. The molecule has 3 nitrogen and oxygen atoms in total. The summed E-state index contributed by atoms with van der Waals surface area (Å²) >= 11 is 0. The highest BCUT2D eigenvalue weighted by Gasteiger charge is 1.98. The Labute approximate surface area is 83.2 Å². The van der Waals surface area contributed by atoms with Gasteiger partial charge in [0.1, 0.15) is 0 Å². The monoisotopic (exact) mass is 187 g/mol. The van der Waals surface area contributed by atoms with Crippen molar-refractivity contribution < 1.29 is 0 Å². The summed E-state index contributed by atoms with van der Waals surface area (Å²) in [7, 11) is 0. The summed E-state index contributed by atoms with van der Waals surface area (Å²) in [5.74, 6) is 0. The molecule has 72 valence electrons. The van der Waals surface area contributed by atoms with E-state index in [1.54, 1.807) is 6.20 Å². The van der Waals surface area contributed by atoms with Crippen LogP contribution in [0.25, 0.3) is 11.0 Å². The van der Waals surface area contributed by atoms with Gasteiger partial charge in [0.25, 0.3) is 0 Å². The van der Waals surface area contributed by atoms with Crippen molar-refractivity contribution >= 4 is 16.7 Å². The van der Waals surface area contributed by atoms with E-state index < -0.39 is 0 Å². The molecule has 0 atom stereocenters. The Kier molecular flexibility index (Phi) is 2.31. The van der Waals surface area contributed by atoms with E-state index in [2.05, 4.69) is 35.2 Å². The highest BCUT2D eigenvalue weighted by atomic mass is 14.9. The van der Waals surface area contributed by atoms with Crippen LogP contribution in [0.1, 0.15) is 13.8 Å². The molecule has 0 saturated heterocycles. The highest BCUT2D eigenvalue weighted by molar-refractivity contribution is 5.77.